The Labute approximate surface area is 113 Å². The van der Waals surface area contributed by atoms with Crippen molar-refractivity contribution in [3.05, 3.63) is 29.8 Å². The highest BCUT2D eigenvalue weighted by atomic mass is 16.7. The Bertz CT molecular complexity index is 472. The maximum atomic E-state index is 9.76. The smallest absolute Gasteiger partial charge is 0.231 e. The van der Waals surface area contributed by atoms with Crippen LogP contribution in [0, 0.1) is 0 Å². The van der Waals surface area contributed by atoms with E-state index in [1.165, 1.54) is 11.5 Å². The number of piperidine rings is 1. The van der Waals surface area contributed by atoms with Crippen LogP contribution in [-0.4, -0.2) is 29.7 Å². The normalized spacial score (nSPS) is 23.1. The molecule has 1 N–H and O–H groups in total. The molecule has 0 aromatic heterocycles. The number of hydrogen-bond acceptors (Lipinski definition) is 4. The first kappa shape index (κ1) is 12.5. The lowest BCUT2D eigenvalue weighted by Gasteiger charge is -2.29. The Morgan fingerprint density at radius 1 is 1.26 bits per heavy atom. The molecule has 3 rings (SSSR count). The monoisotopic (exact) mass is 261 g/mol. The summed E-state index contributed by atoms with van der Waals surface area (Å²) >= 11 is 0. The predicted molar refractivity (Wildman–Crippen MR) is 72.3 cm³/mol. The molecule has 2 aliphatic heterocycles. The van der Waals surface area contributed by atoms with Crippen LogP contribution in [0.1, 0.15) is 31.2 Å². The minimum atomic E-state index is 0.263. The molecule has 0 amide bonds. The fourth-order valence-corrected chi connectivity index (χ4v) is 2.60. The van der Waals surface area contributed by atoms with Gasteiger partial charge in [-0.25, -0.2) is 0 Å². The van der Waals surface area contributed by atoms with Crippen LogP contribution in [0.2, 0.25) is 0 Å². The van der Waals surface area contributed by atoms with Crippen molar-refractivity contribution in [2.45, 2.75) is 31.7 Å². The summed E-state index contributed by atoms with van der Waals surface area (Å²) in [5.41, 5.74) is 1.10. The lowest BCUT2D eigenvalue weighted by Crippen LogP contribution is -2.36. The number of hydrogen-bond donors (Lipinski definition) is 1. The van der Waals surface area contributed by atoms with Gasteiger partial charge >= 0.3 is 0 Å². The van der Waals surface area contributed by atoms with E-state index in [4.69, 9.17) is 9.47 Å². The second-order valence-electron chi connectivity index (χ2n) is 5.06. The minimum absolute atomic E-state index is 0.263. The number of nitrogens with zero attached hydrogens (tertiary/aromatic N) is 1. The molecule has 2 aliphatic rings. The van der Waals surface area contributed by atoms with E-state index in [9.17, 15) is 5.21 Å². The van der Waals surface area contributed by atoms with Gasteiger partial charge in [0.25, 0.3) is 0 Å². The maximum absolute atomic E-state index is 9.76. The molecule has 1 saturated heterocycles. The molecule has 1 atom stereocenters. The highest BCUT2D eigenvalue weighted by molar-refractivity contribution is 5.56. The fourth-order valence-electron chi connectivity index (χ4n) is 2.60. The molecule has 1 aromatic carbocycles. The van der Waals surface area contributed by atoms with Crippen LogP contribution in [0.3, 0.4) is 0 Å². The highest BCUT2D eigenvalue weighted by Crippen LogP contribution is 2.32. The number of rotatable bonds is 3. The summed E-state index contributed by atoms with van der Waals surface area (Å²) in [5, 5.41) is 11.2. The minimum Gasteiger partial charge on any atom is -0.454 e. The zero-order valence-electron chi connectivity index (χ0n) is 10.9. The number of ether oxygens (including phenoxy) is 2. The molecule has 0 spiro atoms. The second kappa shape index (κ2) is 5.63. The third kappa shape index (κ3) is 2.91. The SMILES string of the molecule is ON1CCCCC1C/C=C/c1ccc2c(c1)OCO2. The number of hydroxylamine groups is 2. The average Bonchev–Trinajstić information content (AvgIpc) is 2.88. The molecular weight excluding hydrogens is 242 g/mol. The van der Waals surface area contributed by atoms with Gasteiger partial charge in [-0.1, -0.05) is 24.6 Å². The van der Waals surface area contributed by atoms with Crippen molar-refractivity contribution in [2.75, 3.05) is 13.3 Å². The third-order valence-corrected chi connectivity index (χ3v) is 3.71. The third-order valence-electron chi connectivity index (χ3n) is 3.71. The molecular formula is C15H19NO3. The Kier molecular flexibility index (Phi) is 3.71. The van der Waals surface area contributed by atoms with Crippen molar-refractivity contribution in [3.8, 4) is 11.5 Å². The quantitative estimate of drug-likeness (QED) is 0.908. The summed E-state index contributed by atoms with van der Waals surface area (Å²) in [6.07, 6.45) is 8.45. The van der Waals surface area contributed by atoms with Crippen LogP contribution in [0.15, 0.2) is 24.3 Å². The topological polar surface area (TPSA) is 41.9 Å². The van der Waals surface area contributed by atoms with E-state index in [0.717, 1.165) is 42.9 Å². The van der Waals surface area contributed by atoms with Crippen LogP contribution in [0.25, 0.3) is 6.08 Å². The second-order valence-corrected chi connectivity index (χ2v) is 5.06. The van der Waals surface area contributed by atoms with Crippen molar-refractivity contribution in [1.29, 1.82) is 0 Å². The van der Waals surface area contributed by atoms with E-state index < -0.39 is 0 Å². The number of fused-ring (bicyclic) bond motifs is 1. The van der Waals surface area contributed by atoms with Gasteiger partial charge in [0, 0.05) is 12.6 Å². The zero-order valence-corrected chi connectivity index (χ0v) is 10.9. The summed E-state index contributed by atoms with van der Waals surface area (Å²) < 4.78 is 10.6. The van der Waals surface area contributed by atoms with Gasteiger partial charge in [-0.2, -0.15) is 5.06 Å². The average molecular weight is 261 g/mol. The molecule has 0 radical (unpaired) electrons. The van der Waals surface area contributed by atoms with Gasteiger partial charge in [0.05, 0.1) is 0 Å². The van der Waals surface area contributed by atoms with Crippen LogP contribution < -0.4 is 9.47 Å². The lowest BCUT2D eigenvalue weighted by atomic mass is 10.0. The van der Waals surface area contributed by atoms with Gasteiger partial charge in [-0.05, 0) is 37.0 Å². The molecule has 0 bridgehead atoms. The Morgan fingerprint density at radius 3 is 3.05 bits per heavy atom. The van der Waals surface area contributed by atoms with Crippen molar-refractivity contribution in [2.24, 2.45) is 0 Å². The largest absolute Gasteiger partial charge is 0.454 e. The van der Waals surface area contributed by atoms with Gasteiger partial charge in [0.2, 0.25) is 6.79 Å². The summed E-state index contributed by atoms with van der Waals surface area (Å²) in [6.45, 7) is 1.10. The highest BCUT2D eigenvalue weighted by Gasteiger charge is 2.19. The Morgan fingerprint density at radius 2 is 2.16 bits per heavy atom. The van der Waals surface area contributed by atoms with Crippen LogP contribution in [0.5, 0.6) is 11.5 Å². The van der Waals surface area contributed by atoms with Gasteiger partial charge in [0.15, 0.2) is 11.5 Å². The van der Waals surface area contributed by atoms with Crippen LogP contribution >= 0.6 is 0 Å². The number of benzene rings is 1. The van der Waals surface area contributed by atoms with Crippen molar-refractivity contribution < 1.29 is 14.7 Å². The maximum Gasteiger partial charge on any atom is 0.231 e. The lowest BCUT2D eigenvalue weighted by molar-refractivity contribution is -0.140. The van der Waals surface area contributed by atoms with Gasteiger partial charge < -0.3 is 14.7 Å². The molecule has 0 saturated carbocycles. The van der Waals surface area contributed by atoms with Crippen LogP contribution in [0.4, 0.5) is 0 Å². The Hall–Kier alpha value is -1.52. The van der Waals surface area contributed by atoms with Gasteiger partial charge in [-0.3, -0.25) is 0 Å². The molecule has 2 heterocycles. The van der Waals surface area contributed by atoms with Crippen molar-refractivity contribution in [1.82, 2.24) is 5.06 Å². The molecule has 4 heteroatoms. The van der Waals surface area contributed by atoms with E-state index in [2.05, 4.69) is 12.2 Å². The summed E-state index contributed by atoms with van der Waals surface area (Å²) in [7, 11) is 0. The predicted octanol–water partition coefficient (Wildman–Crippen LogP) is 3.06. The van der Waals surface area contributed by atoms with E-state index in [1.807, 2.05) is 18.2 Å². The van der Waals surface area contributed by atoms with Gasteiger partial charge in [-0.15, -0.1) is 0 Å². The Balaban J connectivity index is 1.60. The molecule has 1 unspecified atom stereocenters. The molecule has 1 aromatic rings. The van der Waals surface area contributed by atoms with Gasteiger partial charge in [0.1, 0.15) is 0 Å². The first-order chi connectivity index (χ1) is 9.33. The first-order valence-corrected chi connectivity index (χ1v) is 6.84. The molecule has 0 aliphatic carbocycles. The molecule has 19 heavy (non-hydrogen) atoms. The fraction of sp³-hybridized carbons (Fsp3) is 0.467. The summed E-state index contributed by atoms with van der Waals surface area (Å²) in [5.74, 6) is 1.62. The molecule has 1 fully saturated rings. The molecule has 4 nitrogen and oxygen atoms in total. The zero-order chi connectivity index (χ0) is 13.1. The standard InChI is InChI=1S/C15H19NO3/c17-16-9-2-1-5-13(16)6-3-4-12-7-8-14-15(10-12)19-11-18-14/h3-4,7-8,10,13,17H,1-2,5-6,9,11H2/b4-3+. The summed E-state index contributed by atoms with van der Waals surface area (Å²) in [6, 6.07) is 6.19. The van der Waals surface area contributed by atoms with Crippen LogP contribution in [-0.2, 0) is 0 Å². The molecule has 102 valence electrons. The van der Waals surface area contributed by atoms with E-state index >= 15 is 0 Å². The summed E-state index contributed by atoms with van der Waals surface area (Å²) in [4.78, 5) is 0. The van der Waals surface area contributed by atoms with E-state index in [1.54, 1.807) is 0 Å². The van der Waals surface area contributed by atoms with Crippen molar-refractivity contribution in [3.63, 3.8) is 0 Å². The first-order valence-electron chi connectivity index (χ1n) is 6.84. The van der Waals surface area contributed by atoms with Crippen molar-refractivity contribution >= 4 is 6.08 Å². The van der Waals surface area contributed by atoms with E-state index in [-0.39, 0.29) is 6.04 Å². The van der Waals surface area contributed by atoms with E-state index in [0.29, 0.717) is 6.79 Å².